The molecule has 0 spiro atoms. The fraction of sp³-hybridized carbons (Fsp3) is 0.280. The first-order chi connectivity index (χ1) is 15.1. The molecule has 5 rings (SSSR count). The molecule has 0 atom stereocenters. The van der Waals surface area contributed by atoms with Gasteiger partial charge in [-0.15, -0.1) is 0 Å². The van der Waals surface area contributed by atoms with Crippen LogP contribution in [0.25, 0.3) is 10.8 Å². The summed E-state index contributed by atoms with van der Waals surface area (Å²) >= 11 is 0. The number of nitrogens with zero attached hydrogens (tertiary/aromatic N) is 5. The maximum absolute atomic E-state index is 10.2. The molecule has 0 saturated carbocycles. The Labute approximate surface area is 182 Å². The third-order valence-corrected chi connectivity index (χ3v) is 6.31. The lowest BCUT2D eigenvalue weighted by molar-refractivity contribution is 0.274. The number of hydrogen-bond donors (Lipinski definition) is 1. The minimum absolute atomic E-state index is 0.140. The number of piperazine rings is 1. The van der Waals surface area contributed by atoms with Gasteiger partial charge >= 0.3 is 6.01 Å². The summed E-state index contributed by atoms with van der Waals surface area (Å²) in [6, 6.07) is 14.8. The molecule has 3 heterocycles. The first-order valence-electron chi connectivity index (χ1n) is 10.7. The van der Waals surface area contributed by atoms with Crippen LogP contribution in [0.1, 0.15) is 16.8 Å². The van der Waals surface area contributed by atoms with E-state index in [-0.39, 0.29) is 6.01 Å². The van der Waals surface area contributed by atoms with Crippen molar-refractivity contribution in [2.75, 3.05) is 31.1 Å². The van der Waals surface area contributed by atoms with Gasteiger partial charge in [0.25, 0.3) is 0 Å². The molecule has 1 saturated heterocycles. The Morgan fingerprint density at radius 3 is 2.58 bits per heavy atom. The van der Waals surface area contributed by atoms with E-state index in [1.807, 2.05) is 0 Å². The fourth-order valence-electron chi connectivity index (χ4n) is 4.67. The smallest absolute Gasteiger partial charge is 0.316 e. The van der Waals surface area contributed by atoms with Crippen LogP contribution in [0, 0.1) is 0 Å². The summed E-state index contributed by atoms with van der Waals surface area (Å²) in [4.78, 5) is 15.7. The van der Waals surface area contributed by atoms with E-state index in [0.29, 0.717) is 0 Å². The number of aromatic nitrogens is 2. The molecule has 31 heavy (non-hydrogen) atoms. The van der Waals surface area contributed by atoms with Gasteiger partial charge in [0.15, 0.2) is 0 Å². The van der Waals surface area contributed by atoms with Crippen LogP contribution >= 0.6 is 0 Å². The lowest BCUT2D eigenvalue weighted by Gasteiger charge is -2.37. The zero-order chi connectivity index (χ0) is 21.4. The van der Waals surface area contributed by atoms with E-state index in [4.69, 9.17) is 0 Å². The van der Waals surface area contributed by atoms with Crippen molar-refractivity contribution >= 4 is 16.6 Å². The van der Waals surface area contributed by atoms with Gasteiger partial charge in [0.1, 0.15) is 5.82 Å². The van der Waals surface area contributed by atoms with Crippen molar-refractivity contribution < 1.29 is 5.11 Å². The molecule has 3 aromatic rings. The van der Waals surface area contributed by atoms with Crippen molar-refractivity contribution in [3.05, 3.63) is 84.2 Å². The van der Waals surface area contributed by atoms with Gasteiger partial charge in [-0.2, -0.15) is 9.97 Å². The zero-order valence-electron chi connectivity index (χ0n) is 17.7. The monoisotopic (exact) mass is 413 g/mol. The van der Waals surface area contributed by atoms with Crippen molar-refractivity contribution in [2.45, 2.75) is 19.6 Å². The van der Waals surface area contributed by atoms with Crippen LogP contribution in [0.4, 0.5) is 5.82 Å². The van der Waals surface area contributed by atoms with E-state index in [0.717, 1.165) is 68.6 Å². The lowest BCUT2D eigenvalue weighted by atomic mass is 10.0. The molecule has 2 aliphatic rings. The van der Waals surface area contributed by atoms with Gasteiger partial charge in [-0.1, -0.05) is 55.6 Å². The molecule has 0 radical (unpaired) electrons. The predicted molar refractivity (Wildman–Crippen MR) is 124 cm³/mol. The Kier molecular flexibility index (Phi) is 5.08. The largest absolute Gasteiger partial charge is 0.479 e. The van der Waals surface area contributed by atoms with Gasteiger partial charge in [-0.25, -0.2) is 0 Å². The molecule has 1 N–H and O–H groups in total. The highest BCUT2D eigenvalue weighted by molar-refractivity contribution is 5.85. The Morgan fingerprint density at radius 2 is 1.77 bits per heavy atom. The van der Waals surface area contributed by atoms with Crippen LogP contribution in [-0.4, -0.2) is 51.1 Å². The second-order valence-electron chi connectivity index (χ2n) is 8.23. The maximum Gasteiger partial charge on any atom is 0.316 e. The number of aromatic hydroxyl groups is 1. The quantitative estimate of drug-likeness (QED) is 0.644. The van der Waals surface area contributed by atoms with Crippen molar-refractivity contribution in [1.82, 2.24) is 19.8 Å². The molecule has 0 aliphatic carbocycles. The van der Waals surface area contributed by atoms with E-state index in [1.165, 1.54) is 16.3 Å². The minimum atomic E-state index is -0.140. The summed E-state index contributed by atoms with van der Waals surface area (Å²) in [6.45, 7) is 13.6. The average molecular weight is 414 g/mol. The zero-order valence-corrected chi connectivity index (χ0v) is 17.7. The number of hydrogen-bond acceptors (Lipinski definition) is 6. The lowest BCUT2D eigenvalue weighted by Crippen LogP contribution is -2.46. The maximum atomic E-state index is 10.2. The van der Waals surface area contributed by atoms with Gasteiger partial charge in [0, 0.05) is 57.1 Å². The van der Waals surface area contributed by atoms with Crippen LogP contribution < -0.4 is 4.90 Å². The number of rotatable bonds is 5. The van der Waals surface area contributed by atoms with Gasteiger partial charge in [0.2, 0.25) is 0 Å². The van der Waals surface area contributed by atoms with Gasteiger partial charge in [0.05, 0.1) is 5.69 Å². The fourth-order valence-corrected chi connectivity index (χ4v) is 4.67. The summed E-state index contributed by atoms with van der Waals surface area (Å²) in [6.07, 6.45) is 1.80. The van der Waals surface area contributed by atoms with Crippen molar-refractivity contribution in [3.8, 4) is 6.01 Å². The third kappa shape index (κ3) is 3.75. The standard InChI is InChI=1S/C25H27N5O/c1-3-18(2)29-11-13-30(14-12-29)24-22-16-28(17-23(22)26-25(31)27-24)15-20-9-6-8-19-7-4-5-10-21(19)20/h3-10H,1-2,11-17H2,(H,26,27,31). The summed E-state index contributed by atoms with van der Waals surface area (Å²) in [5.41, 5.74) is 4.33. The molecule has 6 heteroatoms. The van der Waals surface area contributed by atoms with Crippen LogP contribution in [0.5, 0.6) is 6.01 Å². The molecule has 0 amide bonds. The third-order valence-electron chi connectivity index (χ3n) is 6.31. The summed E-state index contributed by atoms with van der Waals surface area (Å²) in [7, 11) is 0. The molecule has 2 aliphatic heterocycles. The van der Waals surface area contributed by atoms with E-state index >= 15 is 0 Å². The first-order valence-corrected chi connectivity index (χ1v) is 10.7. The van der Waals surface area contributed by atoms with E-state index in [2.05, 4.69) is 80.3 Å². The molecule has 0 unspecified atom stereocenters. The van der Waals surface area contributed by atoms with Gasteiger partial charge in [-0.05, 0) is 22.4 Å². The molecular formula is C25H27N5O. The predicted octanol–water partition coefficient (Wildman–Crippen LogP) is 3.67. The first kappa shape index (κ1) is 19.6. The average Bonchev–Trinajstić information content (AvgIpc) is 3.20. The molecule has 1 aromatic heterocycles. The van der Waals surface area contributed by atoms with Crippen molar-refractivity contribution in [2.24, 2.45) is 0 Å². The SMILES string of the molecule is C=CC(=C)N1CCN(c2nc(O)nc3c2CN(Cc2cccc4ccccc24)C3)CC1. The summed E-state index contributed by atoms with van der Waals surface area (Å²) < 4.78 is 0. The van der Waals surface area contributed by atoms with E-state index < -0.39 is 0 Å². The Hall–Kier alpha value is -3.38. The Balaban J connectivity index is 1.36. The van der Waals surface area contributed by atoms with Crippen LogP contribution in [-0.2, 0) is 19.6 Å². The number of fused-ring (bicyclic) bond motifs is 2. The second-order valence-corrected chi connectivity index (χ2v) is 8.23. The highest BCUT2D eigenvalue weighted by atomic mass is 16.3. The highest BCUT2D eigenvalue weighted by Gasteiger charge is 2.29. The van der Waals surface area contributed by atoms with Crippen LogP contribution in [0.2, 0.25) is 0 Å². The minimum Gasteiger partial charge on any atom is -0.479 e. The van der Waals surface area contributed by atoms with E-state index in [9.17, 15) is 5.11 Å². The van der Waals surface area contributed by atoms with E-state index in [1.54, 1.807) is 6.08 Å². The number of allylic oxidation sites excluding steroid dienone is 1. The normalized spacial score (nSPS) is 16.5. The number of benzene rings is 2. The van der Waals surface area contributed by atoms with Gasteiger partial charge in [-0.3, -0.25) is 4.90 Å². The summed E-state index contributed by atoms with van der Waals surface area (Å²) in [5.74, 6) is 0.867. The summed E-state index contributed by atoms with van der Waals surface area (Å²) in [5, 5.41) is 12.7. The van der Waals surface area contributed by atoms with Crippen molar-refractivity contribution in [1.29, 1.82) is 0 Å². The number of anilines is 1. The van der Waals surface area contributed by atoms with Crippen molar-refractivity contribution in [3.63, 3.8) is 0 Å². The van der Waals surface area contributed by atoms with Crippen LogP contribution in [0.3, 0.4) is 0 Å². The Bertz CT molecular complexity index is 1140. The molecule has 0 bridgehead atoms. The molecule has 2 aromatic carbocycles. The molecular weight excluding hydrogens is 386 g/mol. The van der Waals surface area contributed by atoms with Crippen LogP contribution in [0.15, 0.2) is 67.4 Å². The molecule has 158 valence electrons. The molecule has 1 fully saturated rings. The Morgan fingerprint density at radius 1 is 1.00 bits per heavy atom. The topological polar surface area (TPSA) is 55.7 Å². The molecule has 6 nitrogen and oxygen atoms in total. The second kappa shape index (κ2) is 8.04. The van der Waals surface area contributed by atoms with Gasteiger partial charge < -0.3 is 14.9 Å². The highest BCUT2D eigenvalue weighted by Crippen LogP contribution is 2.33.